The molecular formula is C16H26N2O4S. The van der Waals surface area contributed by atoms with Gasteiger partial charge in [-0.15, -0.1) is 11.8 Å². The Balaban J connectivity index is 1.89. The summed E-state index contributed by atoms with van der Waals surface area (Å²) in [6.07, 6.45) is 5.33. The van der Waals surface area contributed by atoms with Crippen LogP contribution in [0.3, 0.4) is 0 Å². The van der Waals surface area contributed by atoms with E-state index in [9.17, 15) is 14.4 Å². The van der Waals surface area contributed by atoms with Gasteiger partial charge in [0, 0.05) is 18.2 Å². The predicted octanol–water partition coefficient (Wildman–Crippen LogP) is 1.70. The molecule has 0 spiro atoms. The average Bonchev–Trinajstić information content (AvgIpc) is 3.21. The van der Waals surface area contributed by atoms with Crippen molar-refractivity contribution >= 4 is 29.5 Å². The number of thioether (sulfide) groups is 1. The van der Waals surface area contributed by atoms with Crippen molar-refractivity contribution in [3.8, 4) is 0 Å². The van der Waals surface area contributed by atoms with Gasteiger partial charge in [-0.3, -0.25) is 14.4 Å². The van der Waals surface area contributed by atoms with Crippen molar-refractivity contribution in [1.29, 1.82) is 0 Å². The zero-order chi connectivity index (χ0) is 16.8. The molecule has 1 aliphatic carbocycles. The van der Waals surface area contributed by atoms with Crippen LogP contribution in [0.25, 0.3) is 0 Å². The number of carbonyl (C=O) groups is 3. The molecule has 2 amide bonds. The highest BCUT2D eigenvalue weighted by Crippen LogP contribution is 2.30. The van der Waals surface area contributed by atoms with E-state index >= 15 is 0 Å². The maximum absolute atomic E-state index is 12.5. The van der Waals surface area contributed by atoms with Gasteiger partial charge in [0.05, 0.1) is 11.8 Å². The summed E-state index contributed by atoms with van der Waals surface area (Å²) in [6.45, 7) is 2.06. The van der Waals surface area contributed by atoms with Gasteiger partial charge in [0.15, 0.2) is 0 Å². The molecule has 2 atom stereocenters. The van der Waals surface area contributed by atoms with E-state index in [0.29, 0.717) is 18.1 Å². The van der Waals surface area contributed by atoms with Gasteiger partial charge in [-0.2, -0.15) is 0 Å². The van der Waals surface area contributed by atoms with Gasteiger partial charge in [0.25, 0.3) is 0 Å². The minimum atomic E-state index is -0.883. The monoisotopic (exact) mass is 342 g/mol. The molecule has 6 nitrogen and oxygen atoms in total. The number of aliphatic carboxylic acids is 1. The molecule has 1 aliphatic heterocycles. The fourth-order valence-electron chi connectivity index (χ4n) is 3.29. The largest absolute Gasteiger partial charge is 0.481 e. The van der Waals surface area contributed by atoms with Gasteiger partial charge in [-0.1, -0.05) is 26.2 Å². The Bertz CT molecular complexity index is 451. The van der Waals surface area contributed by atoms with Gasteiger partial charge in [0.2, 0.25) is 11.8 Å². The maximum atomic E-state index is 12.5. The smallest absolute Gasteiger partial charge is 0.308 e. The molecule has 0 radical (unpaired) electrons. The van der Waals surface area contributed by atoms with Crippen molar-refractivity contribution in [2.75, 3.05) is 18.2 Å². The molecule has 0 aromatic carbocycles. The summed E-state index contributed by atoms with van der Waals surface area (Å²) in [7, 11) is 0. The van der Waals surface area contributed by atoms with Crippen molar-refractivity contribution < 1.29 is 19.5 Å². The molecule has 130 valence electrons. The van der Waals surface area contributed by atoms with Gasteiger partial charge < -0.3 is 15.3 Å². The second-order valence-corrected chi connectivity index (χ2v) is 7.37. The zero-order valence-corrected chi connectivity index (χ0v) is 14.4. The van der Waals surface area contributed by atoms with E-state index < -0.39 is 17.9 Å². The lowest BCUT2D eigenvalue weighted by Gasteiger charge is -2.26. The summed E-state index contributed by atoms with van der Waals surface area (Å²) < 4.78 is 0. The molecule has 0 aromatic heterocycles. The van der Waals surface area contributed by atoms with Crippen molar-refractivity contribution in [3.05, 3.63) is 0 Å². The first-order valence-electron chi connectivity index (χ1n) is 8.43. The predicted molar refractivity (Wildman–Crippen MR) is 89.0 cm³/mol. The highest BCUT2D eigenvalue weighted by molar-refractivity contribution is 7.99. The lowest BCUT2D eigenvalue weighted by atomic mass is 10.0. The minimum Gasteiger partial charge on any atom is -0.481 e. The molecule has 2 N–H and O–H groups in total. The van der Waals surface area contributed by atoms with E-state index in [2.05, 4.69) is 5.32 Å². The lowest BCUT2D eigenvalue weighted by molar-refractivity contribution is -0.143. The van der Waals surface area contributed by atoms with Crippen LogP contribution in [0.5, 0.6) is 0 Å². The van der Waals surface area contributed by atoms with Crippen molar-refractivity contribution in [3.63, 3.8) is 0 Å². The first-order chi connectivity index (χ1) is 11.0. The van der Waals surface area contributed by atoms with Crippen LogP contribution in [0.1, 0.15) is 45.4 Å². The third-order valence-electron chi connectivity index (χ3n) is 4.68. The van der Waals surface area contributed by atoms with E-state index in [1.54, 1.807) is 16.7 Å². The molecule has 0 bridgehead atoms. The van der Waals surface area contributed by atoms with Gasteiger partial charge in [-0.05, 0) is 19.3 Å². The first-order valence-corrected chi connectivity index (χ1v) is 9.58. The topological polar surface area (TPSA) is 86.7 Å². The molecule has 2 fully saturated rings. The first kappa shape index (κ1) is 18.1. The Morgan fingerprint density at radius 3 is 2.61 bits per heavy atom. The highest BCUT2D eigenvalue weighted by atomic mass is 32.2. The van der Waals surface area contributed by atoms with E-state index in [-0.39, 0.29) is 24.3 Å². The quantitative estimate of drug-likeness (QED) is 0.735. The molecule has 1 heterocycles. The normalized spacial score (nSPS) is 23.0. The molecule has 2 unspecified atom stereocenters. The van der Waals surface area contributed by atoms with Crippen LogP contribution in [-0.2, 0) is 14.4 Å². The maximum Gasteiger partial charge on any atom is 0.308 e. The fourth-order valence-corrected chi connectivity index (χ4v) is 4.45. The van der Waals surface area contributed by atoms with E-state index in [0.717, 1.165) is 32.1 Å². The number of nitrogens with zero attached hydrogens (tertiary/aromatic N) is 1. The highest BCUT2D eigenvalue weighted by Gasteiger charge is 2.38. The van der Waals surface area contributed by atoms with Crippen LogP contribution in [0.2, 0.25) is 0 Å². The number of nitrogens with one attached hydrogen (secondary N) is 1. The summed E-state index contributed by atoms with van der Waals surface area (Å²) in [4.78, 5) is 37.8. The Morgan fingerprint density at radius 2 is 2.00 bits per heavy atom. The lowest BCUT2D eigenvalue weighted by Crippen LogP contribution is -2.49. The molecular weight excluding hydrogens is 316 g/mol. The number of rotatable bonds is 7. The summed E-state index contributed by atoms with van der Waals surface area (Å²) in [6, 6.07) is -0.454. The molecule has 0 aromatic rings. The Morgan fingerprint density at radius 1 is 1.30 bits per heavy atom. The van der Waals surface area contributed by atoms with Crippen molar-refractivity contribution in [1.82, 2.24) is 10.2 Å². The summed E-state index contributed by atoms with van der Waals surface area (Å²) in [5.74, 6) is -0.347. The number of carboxylic acids is 1. The van der Waals surface area contributed by atoms with Crippen LogP contribution < -0.4 is 5.32 Å². The second-order valence-electron chi connectivity index (χ2n) is 6.37. The Kier molecular flexibility index (Phi) is 6.74. The van der Waals surface area contributed by atoms with E-state index in [1.165, 1.54) is 0 Å². The second kappa shape index (κ2) is 8.57. The van der Waals surface area contributed by atoms with Crippen LogP contribution in [0, 0.1) is 11.8 Å². The van der Waals surface area contributed by atoms with Gasteiger partial charge in [0.1, 0.15) is 6.04 Å². The number of hydrogen-bond acceptors (Lipinski definition) is 4. The molecule has 1 saturated heterocycles. The number of amides is 2. The number of carbonyl (C=O) groups excluding carboxylic acids is 2. The third-order valence-corrected chi connectivity index (χ3v) is 5.69. The Hall–Kier alpha value is -1.24. The summed E-state index contributed by atoms with van der Waals surface area (Å²) in [5.41, 5.74) is 0. The fraction of sp³-hybridized carbons (Fsp3) is 0.812. The van der Waals surface area contributed by atoms with E-state index in [1.807, 2.05) is 6.92 Å². The van der Waals surface area contributed by atoms with Crippen LogP contribution in [0.4, 0.5) is 0 Å². The Labute approximate surface area is 141 Å². The SMILES string of the molecule is CCCC(CNC(=O)C1CSCN1C(=O)C1CCCC1)C(=O)O. The van der Waals surface area contributed by atoms with Crippen molar-refractivity contribution in [2.24, 2.45) is 11.8 Å². The zero-order valence-electron chi connectivity index (χ0n) is 13.6. The van der Waals surface area contributed by atoms with Gasteiger partial charge in [-0.25, -0.2) is 0 Å². The molecule has 2 aliphatic rings. The van der Waals surface area contributed by atoms with E-state index in [4.69, 9.17) is 5.11 Å². The van der Waals surface area contributed by atoms with Crippen molar-refractivity contribution in [2.45, 2.75) is 51.5 Å². The molecule has 1 saturated carbocycles. The summed E-state index contributed by atoms with van der Waals surface area (Å²) >= 11 is 1.58. The average molecular weight is 342 g/mol. The van der Waals surface area contributed by atoms with Gasteiger partial charge >= 0.3 is 5.97 Å². The molecule has 23 heavy (non-hydrogen) atoms. The van der Waals surface area contributed by atoms with Crippen LogP contribution in [0.15, 0.2) is 0 Å². The van der Waals surface area contributed by atoms with Crippen LogP contribution in [-0.4, -0.2) is 52.0 Å². The summed E-state index contributed by atoms with van der Waals surface area (Å²) in [5, 5.41) is 11.9. The standard InChI is InChI=1S/C16H26N2O4S/c1-2-5-12(16(21)22)8-17-14(19)13-9-23-10-18(13)15(20)11-6-3-4-7-11/h11-13H,2-10H2,1H3,(H,17,19)(H,21,22). The van der Waals surface area contributed by atoms with Crippen LogP contribution >= 0.6 is 11.8 Å². The molecule has 2 rings (SSSR count). The number of carboxylic acid groups (broad SMARTS) is 1. The molecule has 7 heteroatoms. The third kappa shape index (κ3) is 4.62. The number of hydrogen-bond donors (Lipinski definition) is 2. The minimum absolute atomic E-state index is 0.0656.